The van der Waals surface area contributed by atoms with Crippen LogP contribution in [0, 0.1) is 20.8 Å². The number of rotatable bonds is 3. The molecule has 0 radical (unpaired) electrons. The zero-order chi connectivity index (χ0) is 16.8. The van der Waals surface area contributed by atoms with Crippen molar-refractivity contribution >= 4 is 11.0 Å². The highest BCUT2D eigenvalue weighted by Gasteiger charge is 2.36. The summed E-state index contributed by atoms with van der Waals surface area (Å²) in [5.74, 6) is 2.05. The van der Waals surface area contributed by atoms with E-state index in [0.29, 0.717) is 31.2 Å². The predicted octanol–water partition coefficient (Wildman–Crippen LogP) is 3.05. The van der Waals surface area contributed by atoms with Gasteiger partial charge in [-0.15, -0.1) is 0 Å². The molecule has 0 unspecified atom stereocenters. The van der Waals surface area contributed by atoms with Crippen molar-refractivity contribution in [1.29, 1.82) is 0 Å². The van der Waals surface area contributed by atoms with E-state index in [4.69, 9.17) is 8.94 Å². The van der Waals surface area contributed by atoms with Gasteiger partial charge in [-0.1, -0.05) is 5.16 Å². The highest BCUT2D eigenvalue weighted by atomic mass is 16.5. The van der Waals surface area contributed by atoms with E-state index in [1.807, 2.05) is 0 Å². The number of fused-ring (bicyclic) bond motifs is 1. The molecule has 1 N–H and O–H groups in total. The summed E-state index contributed by atoms with van der Waals surface area (Å²) in [7, 11) is 0. The fraction of sp³-hybridized carbons (Fsp3) is 0.444. The van der Waals surface area contributed by atoms with Crippen LogP contribution in [0.5, 0.6) is 0 Å². The number of hydrogen-bond donors (Lipinski definition) is 1. The first-order valence-electron chi connectivity index (χ1n) is 8.21. The zero-order valence-corrected chi connectivity index (χ0v) is 14.1. The van der Waals surface area contributed by atoms with E-state index < -0.39 is 6.10 Å². The number of aryl methyl sites for hydroxylation is 3. The van der Waals surface area contributed by atoms with Crippen molar-refractivity contribution in [2.24, 2.45) is 0 Å². The molecule has 3 heterocycles. The molecular weight excluding hydrogens is 306 g/mol. The molecule has 0 spiro atoms. The number of aliphatic hydroxyl groups is 1. The molecule has 0 bridgehead atoms. The van der Waals surface area contributed by atoms with Gasteiger partial charge in [0.25, 0.3) is 0 Å². The molecule has 3 aromatic rings. The summed E-state index contributed by atoms with van der Waals surface area (Å²) in [5, 5.41) is 15.0. The van der Waals surface area contributed by atoms with E-state index >= 15 is 0 Å². The highest BCUT2D eigenvalue weighted by molar-refractivity contribution is 5.79. The standard InChI is InChI=1S/C18H21N3O3/c1-10-4-13-6-15(23-17(13)5-11(10)2)9-21-8-14(22)7-16(21)18-19-12(3)20-24-18/h4-6,14,16,22H,7-9H2,1-3H3/t14-,16-/m1/s1. The Morgan fingerprint density at radius 2 is 2.00 bits per heavy atom. The van der Waals surface area contributed by atoms with Crippen LogP contribution in [0.1, 0.15) is 41.1 Å². The summed E-state index contributed by atoms with van der Waals surface area (Å²) >= 11 is 0. The van der Waals surface area contributed by atoms with Crippen molar-refractivity contribution in [3.8, 4) is 0 Å². The molecule has 24 heavy (non-hydrogen) atoms. The number of β-amino-alcohol motifs (C(OH)–C–C–N with tert-alkyl or cyclic N) is 1. The molecular formula is C18H21N3O3. The van der Waals surface area contributed by atoms with Gasteiger partial charge < -0.3 is 14.0 Å². The summed E-state index contributed by atoms with van der Waals surface area (Å²) in [6, 6.07) is 6.22. The average molecular weight is 327 g/mol. The molecule has 0 aliphatic carbocycles. The maximum Gasteiger partial charge on any atom is 0.244 e. The van der Waals surface area contributed by atoms with Crippen LogP contribution in [0.2, 0.25) is 0 Å². The lowest BCUT2D eigenvalue weighted by Crippen LogP contribution is -2.24. The lowest BCUT2D eigenvalue weighted by atomic mass is 10.1. The third-order valence-corrected chi connectivity index (χ3v) is 4.75. The minimum Gasteiger partial charge on any atom is -0.460 e. The monoisotopic (exact) mass is 327 g/mol. The largest absolute Gasteiger partial charge is 0.460 e. The van der Waals surface area contributed by atoms with Crippen LogP contribution in [0.3, 0.4) is 0 Å². The Morgan fingerprint density at radius 1 is 1.21 bits per heavy atom. The third kappa shape index (κ3) is 2.72. The molecule has 1 aliphatic heterocycles. The maximum atomic E-state index is 10.1. The number of furan rings is 1. The second-order valence-corrected chi connectivity index (χ2v) is 6.70. The Morgan fingerprint density at radius 3 is 2.75 bits per heavy atom. The lowest BCUT2D eigenvalue weighted by Gasteiger charge is -2.19. The molecule has 4 rings (SSSR count). The topological polar surface area (TPSA) is 75.5 Å². The van der Waals surface area contributed by atoms with Gasteiger partial charge >= 0.3 is 0 Å². The first-order chi connectivity index (χ1) is 11.5. The van der Waals surface area contributed by atoms with E-state index in [1.54, 1.807) is 6.92 Å². The van der Waals surface area contributed by atoms with Gasteiger partial charge in [0.1, 0.15) is 11.3 Å². The van der Waals surface area contributed by atoms with Crippen LogP contribution < -0.4 is 0 Å². The summed E-state index contributed by atoms with van der Waals surface area (Å²) in [6.07, 6.45) is 0.205. The number of hydrogen-bond acceptors (Lipinski definition) is 6. The summed E-state index contributed by atoms with van der Waals surface area (Å²) in [4.78, 5) is 6.46. The molecule has 2 aromatic heterocycles. The van der Waals surface area contributed by atoms with Crippen molar-refractivity contribution in [2.45, 2.75) is 45.9 Å². The van der Waals surface area contributed by atoms with Gasteiger partial charge in [0, 0.05) is 11.9 Å². The average Bonchev–Trinajstić information content (AvgIpc) is 3.19. The van der Waals surface area contributed by atoms with Crippen LogP contribution in [0.25, 0.3) is 11.0 Å². The number of benzene rings is 1. The Kier molecular flexibility index (Phi) is 3.66. The van der Waals surface area contributed by atoms with Crippen LogP contribution >= 0.6 is 0 Å². The number of aromatic nitrogens is 2. The van der Waals surface area contributed by atoms with Crippen LogP contribution in [0.15, 0.2) is 27.1 Å². The van der Waals surface area contributed by atoms with E-state index in [1.165, 1.54) is 11.1 Å². The van der Waals surface area contributed by atoms with Gasteiger partial charge in [0.2, 0.25) is 5.89 Å². The van der Waals surface area contributed by atoms with E-state index in [-0.39, 0.29) is 6.04 Å². The van der Waals surface area contributed by atoms with Crippen molar-refractivity contribution in [3.63, 3.8) is 0 Å². The van der Waals surface area contributed by atoms with Gasteiger partial charge in [-0.25, -0.2) is 0 Å². The zero-order valence-electron chi connectivity index (χ0n) is 14.1. The van der Waals surface area contributed by atoms with E-state index in [0.717, 1.165) is 16.7 Å². The van der Waals surface area contributed by atoms with E-state index in [9.17, 15) is 5.11 Å². The summed E-state index contributed by atoms with van der Waals surface area (Å²) in [6.45, 7) is 7.16. The SMILES string of the molecule is Cc1noc([C@H]2C[C@@H](O)CN2Cc2cc3cc(C)c(C)cc3o2)n1. The molecule has 1 aromatic carbocycles. The van der Waals surface area contributed by atoms with Gasteiger partial charge in [0.15, 0.2) is 5.82 Å². The quantitative estimate of drug-likeness (QED) is 0.797. The Bertz CT molecular complexity index is 844. The fourth-order valence-corrected chi connectivity index (χ4v) is 3.39. The Hall–Kier alpha value is -2.18. The molecule has 0 saturated carbocycles. The van der Waals surface area contributed by atoms with Gasteiger partial charge in [-0.05, 0) is 56.5 Å². The second kappa shape index (κ2) is 5.72. The van der Waals surface area contributed by atoms with Gasteiger partial charge in [-0.2, -0.15) is 4.98 Å². The van der Waals surface area contributed by atoms with Crippen molar-refractivity contribution < 1.29 is 14.0 Å². The predicted molar refractivity (Wildman–Crippen MR) is 88.5 cm³/mol. The van der Waals surface area contributed by atoms with Crippen LogP contribution in [-0.2, 0) is 6.54 Å². The van der Waals surface area contributed by atoms with Crippen LogP contribution in [0.4, 0.5) is 0 Å². The first kappa shape index (κ1) is 15.4. The minimum absolute atomic E-state index is 0.0714. The van der Waals surface area contributed by atoms with Crippen molar-refractivity contribution in [2.75, 3.05) is 6.54 Å². The highest BCUT2D eigenvalue weighted by Crippen LogP contribution is 2.33. The minimum atomic E-state index is -0.393. The van der Waals surface area contributed by atoms with E-state index in [2.05, 4.69) is 47.1 Å². The third-order valence-electron chi connectivity index (χ3n) is 4.75. The first-order valence-corrected chi connectivity index (χ1v) is 8.21. The van der Waals surface area contributed by atoms with Crippen LogP contribution in [-0.4, -0.2) is 32.8 Å². The van der Waals surface area contributed by atoms with Crippen molar-refractivity contribution in [1.82, 2.24) is 15.0 Å². The smallest absolute Gasteiger partial charge is 0.244 e. The Labute approximate surface area is 140 Å². The fourth-order valence-electron chi connectivity index (χ4n) is 3.39. The summed E-state index contributed by atoms with van der Waals surface area (Å²) in [5.41, 5.74) is 3.38. The Balaban J connectivity index is 1.61. The number of nitrogens with zero attached hydrogens (tertiary/aromatic N) is 3. The van der Waals surface area contributed by atoms with Crippen molar-refractivity contribution in [3.05, 3.63) is 46.8 Å². The maximum absolute atomic E-state index is 10.1. The number of aliphatic hydroxyl groups excluding tert-OH is 1. The summed E-state index contributed by atoms with van der Waals surface area (Å²) < 4.78 is 11.3. The normalized spacial score (nSPS) is 21.8. The van der Waals surface area contributed by atoms with Gasteiger partial charge in [0.05, 0.1) is 18.7 Å². The molecule has 1 fully saturated rings. The second-order valence-electron chi connectivity index (χ2n) is 6.70. The number of likely N-dealkylation sites (tertiary alicyclic amines) is 1. The molecule has 0 amide bonds. The molecule has 6 nitrogen and oxygen atoms in total. The molecule has 2 atom stereocenters. The van der Waals surface area contributed by atoms with Gasteiger partial charge in [-0.3, -0.25) is 4.90 Å². The molecule has 126 valence electrons. The molecule has 6 heteroatoms. The lowest BCUT2D eigenvalue weighted by molar-refractivity contribution is 0.164. The molecule has 1 aliphatic rings. The molecule has 1 saturated heterocycles.